The number of aliphatic hydroxyl groups is 1. The highest BCUT2D eigenvalue weighted by Gasteiger charge is 2.39. The Morgan fingerprint density at radius 1 is 1.41 bits per heavy atom. The molecule has 1 aromatic carbocycles. The molecular formula is C16H20N4O2. The number of nitrogens with zero attached hydrogens (tertiary/aromatic N) is 3. The van der Waals surface area contributed by atoms with E-state index < -0.39 is 5.60 Å². The highest BCUT2D eigenvalue weighted by atomic mass is 16.5. The molecular weight excluding hydrogens is 280 g/mol. The first-order chi connectivity index (χ1) is 10.7. The molecule has 6 nitrogen and oxygen atoms in total. The molecule has 0 aliphatic carbocycles. The summed E-state index contributed by atoms with van der Waals surface area (Å²) in [7, 11) is 0. The minimum Gasteiger partial charge on any atom is -0.493 e. The smallest absolute Gasteiger partial charge is 0.124 e. The molecule has 0 unspecified atom stereocenters. The molecule has 2 aromatic rings. The summed E-state index contributed by atoms with van der Waals surface area (Å²) in [6.07, 6.45) is 4.32. The van der Waals surface area contributed by atoms with Gasteiger partial charge < -0.3 is 9.84 Å². The van der Waals surface area contributed by atoms with Gasteiger partial charge in [0, 0.05) is 26.1 Å². The molecule has 3 heterocycles. The van der Waals surface area contributed by atoms with Crippen molar-refractivity contribution in [2.45, 2.75) is 24.9 Å². The molecule has 0 spiro atoms. The van der Waals surface area contributed by atoms with Gasteiger partial charge in [0.1, 0.15) is 17.0 Å². The van der Waals surface area contributed by atoms with Crippen LogP contribution in [0.25, 0.3) is 0 Å². The molecule has 2 aliphatic rings. The number of benzene rings is 1. The highest BCUT2D eigenvalue weighted by molar-refractivity contribution is 5.39. The van der Waals surface area contributed by atoms with Crippen LogP contribution in [0.2, 0.25) is 0 Å². The number of likely N-dealkylation sites (tertiary alicyclic amines) is 1. The van der Waals surface area contributed by atoms with E-state index in [0.29, 0.717) is 18.7 Å². The number of ether oxygens (including phenoxy) is 1. The largest absolute Gasteiger partial charge is 0.493 e. The number of aromatic nitrogens is 3. The fraction of sp³-hybridized carbons (Fsp3) is 0.500. The van der Waals surface area contributed by atoms with Gasteiger partial charge in [-0.1, -0.05) is 12.1 Å². The average molecular weight is 300 g/mol. The molecule has 1 saturated heterocycles. The lowest BCUT2D eigenvalue weighted by molar-refractivity contribution is 0.0418. The van der Waals surface area contributed by atoms with Crippen LogP contribution < -0.4 is 4.74 Å². The lowest BCUT2D eigenvalue weighted by Gasteiger charge is -2.21. The van der Waals surface area contributed by atoms with Crippen LogP contribution in [-0.2, 0) is 18.4 Å². The van der Waals surface area contributed by atoms with Crippen molar-refractivity contribution in [1.29, 1.82) is 0 Å². The standard InChI is InChI=1S/C16H20N4O2/c21-16(15-10-17-19-18-15)5-7-20(11-16)6-3-12-1-2-14-13(9-12)4-8-22-14/h1-2,9-10,21H,3-8,11H2,(H,17,18,19)/t16-/m0/s1. The molecule has 4 rings (SSSR count). The third-order valence-electron chi connectivity index (χ3n) is 4.69. The van der Waals surface area contributed by atoms with Gasteiger partial charge in [-0.05, 0) is 30.0 Å². The molecule has 0 amide bonds. The summed E-state index contributed by atoms with van der Waals surface area (Å²) in [5, 5.41) is 21.1. The fourth-order valence-electron chi connectivity index (χ4n) is 3.38. The van der Waals surface area contributed by atoms with Gasteiger partial charge in [-0.25, -0.2) is 0 Å². The van der Waals surface area contributed by atoms with Gasteiger partial charge in [-0.15, -0.1) is 0 Å². The quantitative estimate of drug-likeness (QED) is 0.876. The molecule has 22 heavy (non-hydrogen) atoms. The number of rotatable bonds is 4. The van der Waals surface area contributed by atoms with E-state index in [9.17, 15) is 5.11 Å². The molecule has 116 valence electrons. The van der Waals surface area contributed by atoms with Crippen LogP contribution in [0.5, 0.6) is 5.75 Å². The number of fused-ring (bicyclic) bond motifs is 1. The molecule has 6 heteroatoms. The monoisotopic (exact) mass is 300 g/mol. The van der Waals surface area contributed by atoms with Gasteiger partial charge in [0.05, 0.1) is 12.8 Å². The maximum atomic E-state index is 10.7. The summed E-state index contributed by atoms with van der Waals surface area (Å²) in [6, 6.07) is 6.47. The summed E-state index contributed by atoms with van der Waals surface area (Å²) in [6.45, 7) is 3.25. The molecule has 1 aromatic heterocycles. The van der Waals surface area contributed by atoms with E-state index in [4.69, 9.17) is 4.74 Å². The fourth-order valence-corrected chi connectivity index (χ4v) is 3.38. The van der Waals surface area contributed by atoms with E-state index in [1.165, 1.54) is 11.1 Å². The zero-order chi connectivity index (χ0) is 15.0. The van der Waals surface area contributed by atoms with E-state index in [2.05, 4.69) is 38.5 Å². The van der Waals surface area contributed by atoms with E-state index in [1.807, 2.05) is 0 Å². The molecule has 1 fully saturated rings. The van der Waals surface area contributed by atoms with Crippen molar-refractivity contribution >= 4 is 0 Å². The third-order valence-corrected chi connectivity index (χ3v) is 4.69. The van der Waals surface area contributed by atoms with Gasteiger partial charge in [0.15, 0.2) is 0 Å². The third kappa shape index (κ3) is 2.48. The molecule has 0 radical (unpaired) electrons. The molecule has 1 atom stereocenters. The van der Waals surface area contributed by atoms with Crippen molar-refractivity contribution in [1.82, 2.24) is 20.3 Å². The molecule has 0 saturated carbocycles. The van der Waals surface area contributed by atoms with Crippen LogP contribution in [0.4, 0.5) is 0 Å². The van der Waals surface area contributed by atoms with Crippen LogP contribution in [0.1, 0.15) is 23.2 Å². The lowest BCUT2D eigenvalue weighted by Crippen LogP contribution is -2.32. The number of hydrogen-bond donors (Lipinski definition) is 2. The predicted molar refractivity (Wildman–Crippen MR) is 80.7 cm³/mol. The Balaban J connectivity index is 1.37. The van der Waals surface area contributed by atoms with Gasteiger partial charge in [-0.3, -0.25) is 4.90 Å². The Morgan fingerprint density at radius 2 is 2.36 bits per heavy atom. The maximum absolute atomic E-state index is 10.7. The van der Waals surface area contributed by atoms with Crippen molar-refractivity contribution < 1.29 is 9.84 Å². The first-order valence-corrected chi connectivity index (χ1v) is 7.79. The zero-order valence-electron chi connectivity index (χ0n) is 12.5. The first-order valence-electron chi connectivity index (χ1n) is 7.79. The minimum atomic E-state index is -0.862. The van der Waals surface area contributed by atoms with Gasteiger partial charge >= 0.3 is 0 Å². The molecule has 2 N–H and O–H groups in total. The zero-order valence-corrected chi connectivity index (χ0v) is 12.5. The number of nitrogens with one attached hydrogen (secondary N) is 1. The van der Waals surface area contributed by atoms with Crippen LogP contribution >= 0.6 is 0 Å². The number of hydrogen-bond acceptors (Lipinski definition) is 5. The summed E-state index contributed by atoms with van der Waals surface area (Å²) in [5.74, 6) is 1.03. The highest BCUT2D eigenvalue weighted by Crippen LogP contribution is 2.30. The normalized spacial score (nSPS) is 24.4. The van der Waals surface area contributed by atoms with E-state index in [1.54, 1.807) is 6.20 Å². The van der Waals surface area contributed by atoms with Gasteiger partial charge in [0.2, 0.25) is 0 Å². The summed E-state index contributed by atoms with van der Waals surface area (Å²) < 4.78 is 5.54. The van der Waals surface area contributed by atoms with E-state index in [0.717, 1.165) is 38.3 Å². The topological polar surface area (TPSA) is 74.3 Å². The van der Waals surface area contributed by atoms with Crippen LogP contribution in [0.15, 0.2) is 24.4 Å². The summed E-state index contributed by atoms with van der Waals surface area (Å²) in [5.41, 5.74) is 2.43. The Hall–Kier alpha value is -1.92. The van der Waals surface area contributed by atoms with Crippen molar-refractivity contribution in [3.8, 4) is 5.75 Å². The Morgan fingerprint density at radius 3 is 3.23 bits per heavy atom. The van der Waals surface area contributed by atoms with Crippen LogP contribution in [-0.4, -0.2) is 51.7 Å². The van der Waals surface area contributed by atoms with E-state index >= 15 is 0 Å². The van der Waals surface area contributed by atoms with Crippen LogP contribution in [0.3, 0.4) is 0 Å². The number of aromatic amines is 1. The number of β-amino-alcohol motifs (C(OH)–C–C–N with tert-alkyl or cyclic N) is 1. The van der Waals surface area contributed by atoms with E-state index in [-0.39, 0.29) is 0 Å². The second kappa shape index (κ2) is 5.37. The summed E-state index contributed by atoms with van der Waals surface area (Å²) >= 11 is 0. The van der Waals surface area contributed by atoms with Gasteiger partial charge in [0.25, 0.3) is 0 Å². The minimum absolute atomic E-state index is 0.619. The molecule has 0 bridgehead atoms. The van der Waals surface area contributed by atoms with Crippen molar-refractivity contribution in [3.63, 3.8) is 0 Å². The SMILES string of the molecule is O[C@@]1(c2cn[nH]n2)CCN(CCc2ccc3c(c2)CCO3)C1. The first kappa shape index (κ1) is 13.7. The predicted octanol–water partition coefficient (Wildman–Crippen LogP) is 0.876. The second-order valence-corrected chi connectivity index (χ2v) is 6.20. The van der Waals surface area contributed by atoms with Crippen LogP contribution in [0, 0.1) is 0 Å². The lowest BCUT2D eigenvalue weighted by atomic mass is 10.00. The average Bonchev–Trinajstić information content (AvgIpc) is 3.25. The Bertz CT molecular complexity index is 658. The Labute approximate surface area is 129 Å². The van der Waals surface area contributed by atoms with Crippen molar-refractivity contribution in [2.75, 3.05) is 26.2 Å². The number of H-pyrrole nitrogens is 1. The van der Waals surface area contributed by atoms with Crippen molar-refractivity contribution in [3.05, 3.63) is 41.2 Å². The summed E-state index contributed by atoms with van der Waals surface area (Å²) in [4.78, 5) is 2.29. The Kier molecular flexibility index (Phi) is 3.35. The van der Waals surface area contributed by atoms with Crippen molar-refractivity contribution in [2.24, 2.45) is 0 Å². The second-order valence-electron chi connectivity index (χ2n) is 6.20. The van der Waals surface area contributed by atoms with Gasteiger partial charge in [-0.2, -0.15) is 15.4 Å². The maximum Gasteiger partial charge on any atom is 0.124 e. The molecule has 2 aliphatic heterocycles.